The zero-order chi connectivity index (χ0) is 12.5. The third-order valence-corrected chi connectivity index (χ3v) is 2.04. The smallest absolute Gasteiger partial charge is 0.251 e. The van der Waals surface area contributed by atoms with Crippen LogP contribution in [-0.2, 0) is 12.1 Å². The minimum absolute atomic E-state index is 0.166. The number of rotatable bonds is 2. The first-order valence-electron chi connectivity index (χ1n) is 3.87. The maximum absolute atomic E-state index is 13.2. The third kappa shape index (κ3) is 2.40. The molecule has 0 aliphatic heterocycles. The highest BCUT2D eigenvalue weighted by Crippen LogP contribution is 2.34. The Kier molecular flexibility index (Phi) is 3.67. The van der Waals surface area contributed by atoms with E-state index in [0.29, 0.717) is 0 Å². The molecule has 0 fully saturated rings. The maximum atomic E-state index is 13.2. The minimum atomic E-state index is -4.92. The van der Waals surface area contributed by atoms with E-state index in [4.69, 9.17) is 11.6 Å². The lowest BCUT2D eigenvalue weighted by atomic mass is 10.1. The minimum Gasteiger partial charge on any atom is -0.251 e. The van der Waals surface area contributed by atoms with Gasteiger partial charge in [-0.2, -0.15) is 13.2 Å². The van der Waals surface area contributed by atoms with Crippen LogP contribution in [-0.4, -0.2) is 4.98 Å². The van der Waals surface area contributed by atoms with Gasteiger partial charge in [-0.25, -0.2) is 13.2 Å². The van der Waals surface area contributed by atoms with E-state index in [2.05, 4.69) is 4.98 Å². The second-order valence-corrected chi connectivity index (χ2v) is 3.05. The van der Waals surface area contributed by atoms with Gasteiger partial charge in [0.05, 0.1) is 11.4 Å². The van der Waals surface area contributed by atoms with Crippen molar-refractivity contribution >= 4 is 11.6 Å². The van der Waals surface area contributed by atoms with Crippen molar-refractivity contribution in [1.82, 2.24) is 4.98 Å². The van der Waals surface area contributed by atoms with Gasteiger partial charge >= 0.3 is 6.18 Å². The van der Waals surface area contributed by atoms with Crippen LogP contribution in [0.2, 0.25) is 0 Å². The van der Waals surface area contributed by atoms with Crippen molar-refractivity contribution in [2.75, 3.05) is 0 Å². The molecule has 0 atom stereocenters. The van der Waals surface area contributed by atoms with Gasteiger partial charge in [-0.3, -0.25) is 4.98 Å². The summed E-state index contributed by atoms with van der Waals surface area (Å²) in [5, 5.41) is 0. The first-order valence-corrected chi connectivity index (χ1v) is 4.41. The van der Waals surface area contributed by atoms with Crippen LogP contribution in [0.1, 0.15) is 23.2 Å². The molecule has 0 saturated heterocycles. The van der Waals surface area contributed by atoms with Crippen molar-refractivity contribution in [2.24, 2.45) is 0 Å². The quantitative estimate of drug-likeness (QED) is 0.582. The van der Waals surface area contributed by atoms with E-state index in [1.165, 1.54) is 0 Å². The number of hydrogen-bond donors (Lipinski definition) is 0. The lowest BCUT2D eigenvalue weighted by Crippen LogP contribution is -2.14. The monoisotopic (exact) mass is 263 g/mol. The lowest BCUT2D eigenvalue weighted by molar-refractivity contribution is -0.142. The van der Waals surface area contributed by atoms with Gasteiger partial charge in [-0.1, -0.05) is 0 Å². The number of pyridine rings is 1. The SMILES string of the molecule is Fc1c(C(F)F)cnc(C(F)(F)F)c1CCl. The fraction of sp³-hybridized carbons (Fsp3) is 0.375. The molecule has 16 heavy (non-hydrogen) atoms. The molecule has 0 spiro atoms. The largest absolute Gasteiger partial charge is 0.433 e. The maximum Gasteiger partial charge on any atom is 0.433 e. The molecule has 0 N–H and O–H groups in total. The first-order chi connectivity index (χ1) is 7.29. The summed E-state index contributed by atoms with van der Waals surface area (Å²) in [6.07, 6.45) is -8.00. The Hall–Kier alpha value is -0.980. The molecule has 0 bridgehead atoms. The van der Waals surface area contributed by atoms with E-state index in [1.54, 1.807) is 0 Å². The van der Waals surface area contributed by atoms with Crippen molar-refractivity contribution in [2.45, 2.75) is 18.5 Å². The highest BCUT2D eigenvalue weighted by Gasteiger charge is 2.37. The summed E-state index contributed by atoms with van der Waals surface area (Å²) < 4.78 is 74.4. The van der Waals surface area contributed by atoms with Crippen LogP contribution in [0.3, 0.4) is 0 Å². The average Bonchev–Trinajstić information content (AvgIpc) is 2.15. The molecule has 0 amide bonds. The average molecular weight is 264 g/mol. The summed E-state index contributed by atoms with van der Waals surface area (Å²) in [6, 6.07) is 0. The summed E-state index contributed by atoms with van der Waals surface area (Å²) in [7, 11) is 0. The molecule has 0 unspecified atom stereocenters. The van der Waals surface area contributed by atoms with Gasteiger partial charge in [0.2, 0.25) is 0 Å². The van der Waals surface area contributed by atoms with Gasteiger partial charge in [0.25, 0.3) is 6.43 Å². The molecule has 8 heteroatoms. The molecule has 1 heterocycles. The van der Waals surface area contributed by atoms with Crippen molar-refractivity contribution in [3.8, 4) is 0 Å². The highest BCUT2D eigenvalue weighted by atomic mass is 35.5. The third-order valence-electron chi connectivity index (χ3n) is 1.77. The van der Waals surface area contributed by atoms with Gasteiger partial charge in [0.15, 0.2) is 5.69 Å². The lowest BCUT2D eigenvalue weighted by Gasteiger charge is -2.12. The first kappa shape index (κ1) is 13.1. The molecule has 0 aliphatic carbocycles. The number of hydrogen-bond acceptors (Lipinski definition) is 1. The van der Waals surface area contributed by atoms with Crippen LogP contribution >= 0.6 is 11.6 Å². The summed E-state index contributed by atoms with van der Waals surface area (Å²) in [4.78, 5) is 2.77. The van der Waals surface area contributed by atoms with Crippen LogP contribution in [0.25, 0.3) is 0 Å². The molecule has 1 nitrogen and oxygen atoms in total. The van der Waals surface area contributed by atoms with Crippen LogP contribution < -0.4 is 0 Å². The Morgan fingerprint density at radius 1 is 1.31 bits per heavy atom. The molecule has 90 valence electrons. The molecular weight excluding hydrogens is 260 g/mol. The van der Waals surface area contributed by atoms with E-state index >= 15 is 0 Å². The Bertz CT molecular complexity index is 389. The Morgan fingerprint density at radius 2 is 1.88 bits per heavy atom. The number of halogens is 7. The predicted octanol–water partition coefficient (Wildman–Crippen LogP) is 3.92. The standard InChI is InChI=1S/C8H4ClF6N/c9-1-3-5(10)4(7(11)12)2-16-6(3)8(13,14)15/h2,7H,1H2. The number of nitrogens with zero attached hydrogens (tertiary/aromatic N) is 1. The van der Waals surface area contributed by atoms with Crippen LogP contribution in [0.5, 0.6) is 0 Å². The summed E-state index contributed by atoms with van der Waals surface area (Å²) in [6.45, 7) is 0. The van der Waals surface area contributed by atoms with Crippen molar-refractivity contribution in [3.63, 3.8) is 0 Å². The molecule has 1 aromatic heterocycles. The van der Waals surface area contributed by atoms with Crippen LogP contribution in [0.4, 0.5) is 26.3 Å². The van der Waals surface area contributed by atoms with Crippen LogP contribution in [0, 0.1) is 5.82 Å². The van der Waals surface area contributed by atoms with Gasteiger partial charge in [-0.05, 0) is 0 Å². The fourth-order valence-corrected chi connectivity index (χ4v) is 1.31. The van der Waals surface area contributed by atoms with Gasteiger partial charge in [-0.15, -0.1) is 11.6 Å². The summed E-state index contributed by atoms with van der Waals surface area (Å²) in [5.74, 6) is -2.54. The van der Waals surface area contributed by atoms with Gasteiger partial charge in [0, 0.05) is 11.8 Å². The molecular formula is C8H4ClF6N. The zero-order valence-corrected chi connectivity index (χ0v) is 8.21. The van der Waals surface area contributed by atoms with Crippen LogP contribution in [0.15, 0.2) is 6.20 Å². The Morgan fingerprint density at radius 3 is 2.25 bits per heavy atom. The fourth-order valence-electron chi connectivity index (χ4n) is 1.07. The van der Waals surface area contributed by atoms with E-state index in [9.17, 15) is 26.3 Å². The predicted molar refractivity (Wildman–Crippen MR) is 43.7 cm³/mol. The van der Waals surface area contributed by atoms with E-state index < -0.39 is 41.1 Å². The van der Waals surface area contributed by atoms with Gasteiger partial charge < -0.3 is 0 Å². The molecule has 1 rings (SSSR count). The number of aromatic nitrogens is 1. The van der Waals surface area contributed by atoms with Crippen molar-refractivity contribution in [3.05, 3.63) is 28.8 Å². The van der Waals surface area contributed by atoms with E-state index in [1.807, 2.05) is 0 Å². The second kappa shape index (κ2) is 4.48. The van der Waals surface area contributed by atoms with E-state index in [0.717, 1.165) is 0 Å². The normalized spacial score (nSPS) is 12.2. The molecule has 1 aromatic rings. The Labute approximate surface area is 91.0 Å². The topological polar surface area (TPSA) is 12.9 Å². The molecule has 0 aromatic carbocycles. The van der Waals surface area contributed by atoms with E-state index in [-0.39, 0.29) is 6.20 Å². The van der Waals surface area contributed by atoms with Gasteiger partial charge in [0.1, 0.15) is 5.82 Å². The zero-order valence-electron chi connectivity index (χ0n) is 7.45. The molecule has 0 saturated carbocycles. The van der Waals surface area contributed by atoms with Crippen molar-refractivity contribution in [1.29, 1.82) is 0 Å². The molecule has 0 radical (unpaired) electrons. The Balaban J connectivity index is 3.41. The second-order valence-electron chi connectivity index (χ2n) is 2.79. The highest BCUT2D eigenvalue weighted by molar-refractivity contribution is 6.17. The van der Waals surface area contributed by atoms with Crippen molar-refractivity contribution < 1.29 is 26.3 Å². The summed E-state index contributed by atoms with van der Waals surface area (Å²) in [5.41, 5.74) is -3.83. The summed E-state index contributed by atoms with van der Waals surface area (Å²) >= 11 is 5.10. The molecule has 0 aliphatic rings. The number of alkyl halides is 6.